The Bertz CT molecular complexity index is 464. The number of hydrogen-bond donors (Lipinski definition) is 0. The van der Waals surface area contributed by atoms with Crippen molar-refractivity contribution >= 4 is 49.1 Å². The lowest BCUT2D eigenvalue weighted by molar-refractivity contribution is 0.406. The van der Waals surface area contributed by atoms with E-state index in [-0.39, 0.29) is 0 Å². The normalized spacial score (nSPS) is 10.8. The number of rotatable bonds is 2. The van der Waals surface area contributed by atoms with Gasteiger partial charge in [-0.05, 0) is 34.3 Å². The first-order chi connectivity index (χ1) is 6.77. The molecule has 2 rings (SSSR count). The lowest BCUT2D eigenvalue weighted by Gasteiger charge is -2.07. The highest BCUT2D eigenvalue weighted by atomic mass is 79.9. The fraction of sp³-hybridized carbons (Fsp3) is 0.200. The van der Waals surface area contributed by atoms with E-state index < -0.39 is 0 Å². The molecule has 4 heteroatoms. The summed E-state index contributed by atoms with van der Waals surface area (Å²) in [7, 11) is 1.71. The third kappa shape index (κ3) is 1.55. The molecule has 1 aromatic carbocycles. The number of thioether (sulfide) groups is 1. The molecule has 2 aromatic rings. The van der Waals surface area contributed by atoms with Gasteiger partial charge in [0.15, 0.2) is 0 Å². The first-order valence-electron chi connectivity index (χ1n) is 4.05. The van der Waals surface area contributed by atoms with Crippen LogP contribution in [0.4, 0.5) is 0 Å². The molecule has 0 unspecified atom stereocenters. The number of benzene rings is 1. The number of methoxy groups -OCH3 is 1. The van der Waals surface area contributed by atoms with E-state index in [1.165, 1.54) is 15.0 Å². The summed E-state index contributed by atoms with van der Waals surface area (Å²) >= 11 is 7.03. The average molecular weight is 289 g/mol. The molecule has 0 atom stereocenters. The minimum absolute atomic E-state index is 0.948. The Hall–Kier alpha value is -0.190. The van der Waals surface area contributed by atoms with E-state index in [0.717, 1.165) is 10.2 Å². The lowest BCUT2D eigenvalue weighted by atomic mass is 10.2. The zero-order valence-electron chi connectivity index (χ0n) is 7.83. The van der Waals surface area contributed by atoms with Crippen LogP contribution in [0.15, 0.2) is 26.9 Å². The Morgan fingerprint density at radius 1 is 1.43 bits per heavy atom. The van der Waals surface area contributed by atoms with Crippen LogP contribution in [0.25, 0.3) is 10.1 Å². The second-order valence-corrected chi connectivity index (χ2v) is 5.34. The molecule has 0 N–H and O–H groups in total. The summed E-state index contributed by atoms with van der Waals surface area (Å²) in [5.41, 5.74) is 0. The van der Waals surface area contributed by atoms with Crippen LogP contribution in [0.1, 0.15) is 0 Å². The summed E-state index contributed by atoms with van der Waals surface area (Å²) in [6.07, 6.45) is 2.07. The standard InChI is InChI=1S/C10H9BrOS2/c1-12-7-3-4-8-9(10(7)13-2)6(11)5-14-8/h3-5H,1-2H3. The predicted octanol–water partition coefficient (Wildman–Crippen LogP) is 4.39. The molecule has 0 radical (unpaired) electrons. The molecule has 0 fully saturated rings. The van der Waals surface area contributed by atoms with Crippen molar-refractivity contribution in [1.82, 2.24) is 0 Å². The molecule has 0 amide bonds. The van der Waals surface area contributed by atoms with E-state index >= 15 is 0 Å². The molecule has 0 saturated heterocycles. The van der Waals surface area contributed by atoms with Gasteiger partial charge in [0, 0.05) is 19.9 Å². The van der Waals surface area contributed by atoms with Crippen molar-refractivity contribution in [3.8, 4) is 5.75 Å². The molecule has 1 nitrogen and oxygen atoms in total. The van der Waals surface area contributed by atoms with Gasteiger partial charge in [-0.3, -0.25) is 0 Å². The van der Waals surface area contributed by atoms with Gasteiger partial charge in [-0.1, -0.05) is 0 Å². The van der Waals surface area contributed by atoms with Crippen LogP contribution < -0.4 is 4.74 Å². The van der Waals surface area contributed by atoms with Crippen LogP contribution >= 0.6 is 39.0 Å². The number of fused-ring (bicyclic) bond motifs is 1. The van der Waals surface area contributed by atoms with E-state index in [9.17, 15) is 0 Å². The largest absolute Gasteiger partial charge is 0.496 e. The maximum atomic E-state index is 5.33. The summed E-state index contributed by atoms with van der Waals surface area (Å²) in [5.74, 6) is 0.948. The second-order valence-electron chi connectivity index (χ2n) is 2.76. The van der Waals surface area contributed by atoms with Gasteiger partial charge in [0.25, 0.3) is 0 Å². The van der Waals surface area contributed by atoms with Gasteiger partial charge in [-0.2, -0.15) is 0 Å². The highest BCUT2D eigenvalue weighted by Gasteiger charge is 2.11. The lowest BCUT2D eigenvalue weighted by Crippen LogP contribution is -1.85. The van der Waals surface area contributed by atoms with Gasteiger partial charge in [0.05, 0.1) is 12.0 Å². The zero-order valence-corrected chi connectivity index (χ0v) is 11.1. The zero-order chi connectivity index (χ0) is 10.1. The predicted molar refractivity (Wildman–Crippen MR) is 67.9 cm³/mol. The maximum absolute atomic E-state index is 5.33. The van der Waals surface area contributed by atoms with E-state index in [1.54, 1.807) is 30.2 Å². The van der Waals surface area contributed by atoms with Gasteiger partial charge >= 0.3 is 0 Å². The molecule has 0 spiro atoms. The molecule has 1 aromatic heterocycles. The van der Waals surface area contributed by atoms with Gasteiger partial charge in [0.1, 0.15) is 5.75 Å². The summed E-state index contributed by atoms with van der Waals surface area (Å²) in [5, 5.41) is 3.38. The summed E-state index contributed by atoms with van der Waals surface area (Å²) in [4.78, 5) is 1.21. The fourth-order valence-corrected chi connectivity index (χ4v) is 4.03. The molecule has 14 heavy (non-hydrogen) atoms. The molecule has 0 saturated carbocycles. The van der Waals surface area contributed by atoms with Crippen molar-refractivity contribution in [3.05, 3.63) is 22.0 Å². The Balaban J connectivity index is 2.81. The van der Waals surface area contributed by atoms with Crippen LogP contribution in [0.3, 0.4) is 0 Å². The quantitative estimate of drug-likeness (QED) is 0.758. The molecule has 0 aliphatic carbocycles. The summed E-state index contributed by atoms with van der Waals surface area (Å²) < 4.78 is 7.78. The topological polar surface area (TPSA) is 9.23 Å². The smallest absolute Gasteiger partial charge is 0.133 e. The van der Waals surface area contributed by atoms with E-state index in [0.29, 0.717) is 0 Å². The fourth-order valence-electron chi connectivity index (χ4n) is 1.41. The molecular weight excluding hydrogens is 280 g/mol. The monoisotopic (exact) mass is 288 g/mol. The highest BCUT2D eigenvalue weighted by Crippen LogP contribution is 2.41. The van der Waals surface area contributed by atoms with E-state index in [2.05, 4.69) is 33.6 Å². The van der Waals surface area contributed by atoms with Crippen molar-refractivity contribution in [3.63, 3.8) is 0 Å². The highest BCUT2D eigenvalue weighted by molar-refractivity contribution is 9.10. The van der Waals surface area contributed by atoms with Crippen molar-refractivity contribution in [2.75, 3.05) is 13.4 Å². The average Bonchev–Trinajstić information content (AvgIpc) is 2.59. The van der Waals surface area contributed by atoms with E-state index in [4.69, 9.17) is 4.74 Å². The minimum atomic E-state index is 0.948. The Labute approximate surface area is 99.6 Å². The van der Waals surface area contributed by atoms with Gasteiger partial charge in [-0.15, -0.1) is 23.1 Å². The maximum Gasteiger partial charge on any atom is 0.133 e. The molecule has 0 bridgehead atoms. The first-order valence-corrected chi connectivity index (χ1v) is 6.95. The number of halogens is 1. The number of thiophene rings is 1. The van der Waals surface area contributed by atoms with Crippen LogP contribution in [0.5, 0.6) is 5.75 Å². The SMILES string of the molecule is COc1ccc2scc(Br)c2c1SC. The second kappa shape index (κ2) is 4.13. The van der Waals surface area contributed by atoms with Crippen molar-refractivity contribution in [2.45, 2.75) is 4.90 Å². The molecule has 1 heterocycles. The van der Waals surface area contributed by atoms with Gasteiger partial charge in [0.2, 0.25) is 0 Å². The van der Waals surface area contributed by atoms with E-state index in [1.807, 2.05) is 6.07 Å². The van der Waals surface area contributed by atoms with Crippen molar-refractivity contribution in [1.29, 1.82) is 0 Å². The Morgan fingerprint density at radius 3 is 2.86 bits per heavy atom. The third-order valence-corrected chi connectivity index (χ3v) is 4.73. The van der Waals surface area contributed by atoms with Crippen molar-refractivity contribution in [2.24, 2.45) is 0 Å². The summed E-state index contributed by atoms with van der Waals surface area (Å²) in [6.45, 7) is 0. The number of ether oxygens (including phenoxy) is 1. The molecular formula is C10H9BrOS2. The van der Waals surface area contributed by atoms with Crippen LogP contribution in [0.2, 0.25) is 0 Å². The Morgan fingerprint density at radius 2 is 2.21 bits per heavy atom. The first kappa shape index (κ1) is 10.3. The number of hydrogen-bond acceptors (Lipinski definition) is 3. The van der Waals surface area contributed by atoms with Crippen LogP contribution in [-0.4, -0.2) is 13.4 Å². The van der Waals surface area contributed by atoms with Crippen LogP contribution in [0, 0.1) is 0 Å². The minimum Gasteiger partial charge on any atom is -0.496 e. The van der Waals surface area contributed by atoms with Crippen molar-refractivity contribution < 1.29 is 4.74 Å². The summed E-state index contributed by atoms with van der Waals surface area (Å²) in [6, 6.07) is 4.13. The van der Waals surface area contributed by atoms with Crippen LogP contribution in [-0.2, 0) is 0 Å². The van der Waals surface area contributed by atoms with Gasteiger partial charge < -0.3 is 4.74 Å². The molecule has 0 aliphatic rings. The molecule has 0 aliphatic heterocycles. The van der Waals surface area contributed by atoms with Gasteiger partial charge in [-0.25, -0.2) is 0 Å². The molecule has 74 valence electrons. The third-order valence-electron chi connectivity index (χ3n) is 2.04. The Kier molecular flexibility index (Phi) is 3.04.